The molecule has 2 rings (SSSR count). The van der Waals surface area contributed by atoms with Crippen molar-refractivity contribution in [3.8, 4) is 0 Å². The highest BCUT2D eigenvalue weighted by atomic mass is 15.0. The van der Waals surface area contributed by atoms with Crippen LogP contribution in [0, 0.1) is 0 Å². The zero-order valence-corrected chi connectivity index (χ0v) is 8.50. The molecule has 0 radical (unpaired) electrons. The summed E-state index contributed by atoms with van der Waals surface area (Å²) in [4.78, 5) is 0. The molecule has 14 heavy (non-hydrogen) atoms. The first-order valence-electron chi connectivity index (χ1n) is 5.43. The summed E-state index contributed by atoms with van der Waals surface area (Å²) in [5.41, 5.74) is 1.37. The van der Waals surface area contributed by atoms with Crippen LogP contribution in [0.3, 0.4) is 0 Å². The maximum absolute atomic E-state index is 3.58. The van der Waals surface area contributed by atoms with Crippen molar-refractivity contribution in [2.24, 2.45) is 0 Å². The second-order valence-electron chi connectivity index (χ2n) is 3.91. The quantitative estimate of drug-likeness (QED) is 0.755. The van der Waals surface area contributed by atoms with Gasteiger partial charge in [-0.2, -0.15) is 0 Å². The number of hydrogen-bond acceptors (Lipinski definition) is 2. The predicted octanol–water partition coefficient (Wildman–Crippen LogP) is 1.53. The molecule has 0 aliphatic carbocycles. The molecule has 0 amide bonds. The molecule has 1 fully saturated rings. The van der Waals surface area contributed by atoms with Gasteiger partial charge in [0.1, 0.15) is 0 Å². The van der Waals surface area contributed by atoms with E-state index in [0.717, 1.165) is 13.1 Å². The molecule has 2 nitrogen and oxygen atoms in total. The molecule has 1 heterocycles. The highest BCUT2D eigenvalue weighted by Gasteiger charge is 2.11. The van der Waals surface area contributed by atoms with Crippen LogP contribution in [0.5, 0.6) is 0 Å². The van der Waals surface area contributed by atoms with Gasteiger partial charge in [0.15, 0.2) is 0 Å². The maximum atomic E-state index is 3.58. The molecule has 0 bridgehead atoms. The van der Waals surface area contributed by atoms with Gasteiger partial charge in [-0.3, -0.25) is 0 Å². The van der Waals surface area contributed by atoms with Gasteiger partial charge >= 0.3 is 0 Å². The number of benzene rings is 1. The molecule has 0 unspecified atom stereocenters. The van der Waals surface area contributed by atoms with Gasteiger partial charge in [-0.1, -0.05) is 30.3 Å². The lowest BCUT2D eigenvalue weighted by Crippen LogP contribution is -2.42. The maximum Gasteiger partial charge on any atom is 0.0208 e. The van der Waals surface area contributed by atoms with Crippen LogP contribution >= 0.6 is 0 Å². The number of nitrogens with one attached hydrogen (secondary N) is 2. The Morgan fingerprint density at radius 3 is 2.86 bits per heavy atom. The molecule has 0 aromatic heterocycles. The van der Waals surface area contributed by atoms with Gasteiger partial charge in [0.25, 0.3) is 0 Å². The summed E-state index contributed by atoms with van der Waals surface area (Å²) in [7, 11) is 0. The second kappa shape index (κ2) is 5.13. The summed E-state index contributed by atoms with van der Waals surface area (Å²) in [5.74, 6) is 0. The minimum atomic E-state index is 0.656. The fourth-order valence-corrected chi connectivity index (χ4v) is 1.88. The fraction of sp³-hybridized carbons (Fsp3) is 0.500. The second-order valence-corrected chi connectivity index (χ2v) is 3.91. The molecular weight excluding hydrogens is 172 g/mol. The van der Waals surface area contributed by atoms with E-state index < -0.39 is 0 Å². The molecule has 2 N–H and O–H groups in total. The monoisotopic (exact) mass is 190 g/mol. The van der Waals surface area contributed by atoms with Crippen molar-refractivity contribution < 1.29 is 0 Å². The topological polar surface area (TPSA) is 24.1 Å². The van der Waals surface area contributed by atoms with Gasteiger partial charge in [-0.05, 0) is 24.9 Å². The molecule has 76 valence electrons. The molecule has 1 saturated heterocycles. The Morgan fingerprint density at radius 2 is 2.14 bits per heavy atom. The van der Waals surface area contributed by atoms with Gasteiger partial charge in [0.2, 0.25) is 0 Å². The summed E-state index contributed by atoms with van der Waals surface area (Å²) >= 11 is 0. The first-order valence-corrected chi connectivity index (χ1v) is 5.43. The zero-order valence-electron chi connectivity index (χ0n) is 8.50. The minimum Gasteiger partial charge on any atom is -0.315 e. The van der Waals surface area contributed by atoms with E-state index in [1.54, 1.807) is 0 Å². The standard InChI is InChI=1S/C12H18N2/c1-2-5-11(6-3-1)9-14-12-7-4-8-13-10-12/h1-3,5-6,12-14H,4,7-10H2/t12-/m1/s1. The van der Waals surface area contributed by atoms with E-state index in [-0.39, 0.29) is 0 Å². The van der Waals surface area contributed by atoms with E-state index >= 15 is 0 Å². The van der Waals surface area contributed by atoms with Crippen LogP contribution in [0.2, 0.25) is 0 Å². The number of hydrogen-bond donors (Lipinski definition) is 2. The number of piperidine rings is 1. The summed E-state index contributed by atoms with van der Waals surface area (Å²) in [6.07, 6.45) is 2.60. The van der Waals surface area contributed by atoms with Crippen molar-refractivity contribution >= 4 is 0 Å². The molecule has 1 aromatic rings. The highest BCUT2D eigenvalue weighted by molar-refractivity contribution is 5.14. The van der Waals surface area contributed by atoms with Gasteiger partial charge in [-0.15, -0.1) is 0 Å². The molecular formula is C12H18N2. The summed E-state index contributed by atoms with van der Waals surface area (Å²) in [6, 6.07) is 11.2. The Hall–Kier alpha value is -0.860. The Labute approximate surface area is 85.7 Å². The summed E-state index contributed by atoms with van der Waals surface area (Å²) < 4.78 is 0. The molecule has 1 aromatic carbocycles. The normalized spacial score (nSPS) is 22.1. The summed E-state index contributed by atoms with van der Waals surface area (Å²) in [5, 5.41) is 6.98. The third kappa shape index (κ3) is 2.82. The Kier molecular flexibility index (Phi) is 3.55. The van der Waals surface area contributed by atoms with Crippen LogP contribution in [0.25, 0.3) is 0 Å². The van der Waals surface area contributed by atoms with Gasteiger partial charge in [-0.25, -0.2) is 0 Å². The van der Waals surface area contributed by atoms with Crippen LogP contribution in [-0.4, -0.2) is 19.1 Å². The van der Waals surface area contributed by atoms with Crippen molar-refractivity contribution in [2.45, 2.75) is 25.4 Å². The largest absolute Gasteiger partial charge is 0.315 e. The predicted molar refractivity (Wildman–Crippen MR) is 59.2 cm³/mol. The van der Waals surface area contributed by atoms with E-state index in [9.17, 15) is 0 Å². The lowest BCUT2D eigenvalue weighted by Gasteiger charge is -2.23. The molecule has 0 saturated carbocycles. The van der Waals surface area contributed by atoms with Gasteiger partial charge in [0, 0.05) is 19.1 Å². The first-order chi connectivity index (χ1) is 6.95. The van der Waals surface area contributed by atoms with Crippen molar-refractivity contribution in [3.63, 3.8) is 0 Å². The van der Waals surface area contributed by atoms with Crippen LogP contribution in [-0.2, 0) is 6.54 Å². The Morgan fingerprint density at radius 1 is 1.29 bits per heavy atom. The fourth-order valence-electron chi connectivity index (χ4n) is 1.88. The average Bonchev–Trinajstić information content (AvgIpc) is 2.29. The van der Waals surface area contributed by atoms with E-state index in [1.165, 1.54) is 24.9 Å². The van der Waals surface area contributed by atoms with Crippen molar-refractivity contribution in [2.75, 3.05) is 13.1 Å². The lowest BCUT2D eigenvalue weighted by molar-refractivity contribution is 0.389. The lowest BCUT2D eigenvalue weighted by atomic mass is 10.1. The first kappa shape index (κ1) is 9.69. The Balaban J connectivity index is 1.76. The zero-order chi connectivity index (χ0) is 9.64. The average molecular weight is 190 g/mol. The van der Waals surface area contributed by atoms with Crippen LogP contribution in [0.1, 0.15) is 18.4 Å². The molecule has 1 atom stereocenters. The van der Waals surface area contributed by atoms with Gasteiger partial charge < -0.3 is 10.6 Å². The van der Waals surface area contributed by atoms with Crippen molar-refractivity contribution in [1.29, 1.82) is 0 Å². The molecule has 1 aliphatic heterocycles. The van der Waals surface area contributed by atoms with Gasteiger partial charge in [0.05, 0.1) is 0 Å². The van der Waals surface area contributed by atoms with Crippen molar-refractivity contribution in [3.05, 3.63) is 35.9 Å². The minimum absolute atomic E-state index is 0.656. The van der Waals surface area contributed by atoms with Crippen molar-refractivity contribution in [1.82, 2.24) is 10.6 Å². The van der Waals surface area contributed by atoms with E-state index in [1.807, 2.05) is 0 Å². The van der Waals surface area contributed by atoms with E-state index in [4.69, 9.17) is 0 Å². The van der Waals surface area contributed by atoms with E-state index in [0.29, 0.717) is 6.04 Å². The third-order valence-corrected chi connectivity index (χ3v) is 2.73. The molecule has 2 heteroatoms. The molecule has 0 spiro atoms. The SMILES string of the molecule is c1ccc(CN[C@@H]2CCCNC2)cc1. The van der Waals surface area contributed by atoms with E-state index in [2.05, 4.69) is 41.0 Å². The van der Waals surface area contributed by atoms with Crippen LogP contribution in [0.15, 0.2) is 30.3 Å². The Bertz CT molecular complexity index is 252. The van der Waals surface area contributed by atoms with Crippen LogP contribution < -0.4 is 10.6 Å². The summed E-state index contributed by atoms with van der Waals surface area (Å²) in [6.45, 7) is 3.30. The highest BCUT2D eigenvalue weighted by Crippen LogP contribution is 2.03. The molecule has 1 aliphatic rings. The number of rotatable bonds is 3. The smallest absolute Gasteiger partial charge is 0.0208 e. The third-order valence-electron chi connectivity index (χ3n) is 2.73. The van der Waals surface area contributed by atoms with Crippen LogP contribution in [0.4, 0.5) is 0 Å².